The molecule has 1 saturated heterocycles. The summed E-state index contributed by atoms with van der Waals surface area (Å²) in [7, 11) is 1.74. The topological polar surface area (TPSA) is 30.5 Å². The second-order valence-electron chi connectivity index (χ2n) is 4.30. The Bertz CT molecular complexity index is 198. The van der Waals surface area contributed by atoms with Gasteiger partial charge in [-0.15, -0.1) is 0 Å². The van der Waals surface area contributed by atoms with E-state index in [1.165, 1.54) is 18.4 Å². The van der Waals surface area contributed by atoms with Gasteiger partial charge in [-0.25, -0.2) is 0 Å². The maximum atomic E-state index is 5.37. The molecule has 16 heavy (non-hydrogen) atoms. The summed E-state index contributed by atoms with van der Waals surface area (Å²) in [6.45, 7) is 6.79. The fraction of sp³-hybridized carbons (Fsp3) is 0.846. The molecule has 3 heteroatoms. The SMILES string of the molecule is CCC(=CC1CCOCC1)CNCCOC. The maximum absolute atomic E-state index is 5.37. The van der Waals surface area contributed by atoms with Gasteiger partial charge < -0.3 is 14.8 Å². The first-order chi connectivity index (χ1) is 7.86. The van der Waals surface area contributed by atoms with Crippen molar-refractivity contribution >= 4 is 0 Å². The highest BCUT2D eigenvalue weighted by molar-refractivity contribution is 5.06. The summed E-state index contributed by atoms with van der Waals surface area (Å²) in [5, 5.41) is 3.40. The van der Waals surface area contributed by atoms with Crippen LogP contribution in [0.1, 0.15) is 26.2 Å². The number of nitrogens with one attached hydrogen (secondary N) is 1. The maximum Gasteiger partial charge on any atom is 0.0587 e. The first kappa shape index (κ1) is 13.7. The van der Waals surface area contributed by atoms with Crippen molar-refractivity contribution in [2.75, 3.05) is 40.0 Å². The monoisotopic (exact) mass is 227 g/mol. The molecule has 0 spiro atoms. The number of methoxy groups -OCH3 is 1. The highest BCUT2D eigenvalue weighted by atomic mass is 16.5. The molecule has 0 aromatic rings. The van der Waals surface area contributed by atoms with Crippen molar-refractivity contribution in [2.45, 2.75) is 26.2 Å². The summed E-state index contributed by atoms with van der Waals surface area (Å²) in [5.41, 5.74) is 1.52. The molecule has 1 aliphatic heterocycles. The van der Waals surface area contributed by atoms with E-state index in [2.05, 4.69) is 18.3 Å². The molecule has 0 amide bonds. The van der Waals surface area contributed by atoms with E-state index in [-0.39, 0.29) is 0 Å². The first-order valence-electron chi connectivity index (χ1n) is 6.33. The molecule has 0 atom stereocenters. The van der Waals surface area contributed by atoms with Crippen molar-refractivity contribution < 1.29 is 9.47 Å². The van der Waals surface area contributed by atoms with Crippen LogP contribution in [0.5, 0.6) is 0 Å². The summed E-state index contributed by atoms with van der Waals surface area (Å²) >= 11 is 0. The van der Waals surface area contributed by atoms with E-state index in [0.717, 1.165) is 45.2 Å². The van der Waals surface area contributed by atoms with Crippen molar-refractivity contribution in [2.24, 2.45) is 5.92 Å². The smallest absolute Gasteiger partial charge is 0.0587 e. The van der Waals surface area contributed by atoms with E-state index in [9.17, 15) is 0 Å². The zero-order valence-corrected chi connectivity index (χ0v) is 10.6. The number of hydrogen-bond acceptors (Lipinski definition) is 3. The number of hydrogen-bond donors (Lipinski definition) is 1. The van der Waals surface area contributed by atoms with Crippen molar-refractivity contribution in [3.05, 3.63) is 11.6 Å². The zero-order valence-electron chi connectivity index (χ0n) is 10.6. The molecular weight excluding hydrogens is 202 g/mol. The Morgan fingerprint density at radius 2 is 2.19 bits per heavy atom. The highest BCUT2D eigenvalue weighted by Gasteiger charge is 2.11. The van der Waals surface area contributed by atoms with Gasteiger partial charge in [0.05, 0.1) is 6.61 Å². The van der Waals surface area contributed by atoms with Crippen LogP contribution in [-0.4, -0.2) is 40.0 Å². The highest BCUT2D eigenvalue weighted by Crippen LogP contribution is 2.18. The van der Waals surface area contributed by atoms with Gasteiger partial charge in [0.15, 0.2) is 0 Å². The third-order valence-electron chi connectivity index (χ3n) is 3.03. The molecule has 0 saturated carbocycles. The number of ether oxygens (including phenoxy) is 2. The van der Waals surface area contributed by atoms with Crippen LogP contribution in [0.25, 0.3) is 0 Å². The van der Waals surface area contributed by atoms with E-state index >= 15 is 0 Å². The largest absolute Gasteiger partial charge is 0.383 e. The molecule has 0 aliphatic carbocycles. The minimum absolute atomic E-state index is 0.730. The predicted molar refractivity (Wildman–Crippen MR) is 66.7 cm³/mol. The standard InChI is InChI=1S/C13H25NO2/c1-3-12(11-14-6-9-15-2)10-13-4-7-16-8-5-13/h10,13-14H,3-9,11H2,1-2H3. The Labute approximate surface area is 99.2 Å². The van der Waals surface area contributed by atoms with E-state index in [1.54, 1.807) is 7.11 Å². The van der Waals surface area contributed by atoms with Crippen LogP contribution in [0, 0.1) is 5.92 Å². The van der Waals surface area contributed by atoms with Crippen molar-refractivity contribution in [3.8, 4) is 0 Å². The lowest BCUT2D eigenvalue weighted by atomic mass is 9.96. The summed E-state index contributed by atoms with van der Waals surface area (Å²) in [4.78, 5) is 0. The van der Waals surface area contributed by atoms with E-state index in [1.807, 2.05) is 0 Å². The first-order valence-corrected chi connectivity index (χ1v) is 6.33. The summed E-state index contributed by atoms with van der Waals surface area (Å²) in [6.07, 6.45) is 5.95. The Balaban J connectivity index is 2.24. The van der Waals surface area contributed by atoms with Crippen LogP contribution >= 0.6 is 0 Å². The Kier molecular flexibility index (Phi) is 7.47. The molecule has 0 aromatic heterocycles. The second kappa shape index (κ2) is 8.74. The molecule has 0 bridgehead atoms. The molecule has 94 valence electrons. The molecule has 1 heterocycles. The third-order valence-corrected chi connectivity index (χ3v) is 3.03. The lowest BCUT2D eigenvalue weighted by Gasteiger charge is -2.20. The quantitative estimate of drug-likeness (QED) is 0.533. The van der Waals surface area contributed by atoms with E-state index in [0.29, 0.717) is 0 Å². The van der Waals surface area contributed by atoms with Crippen LogP contribution in [0.2, 0.25) is 0 Å². The van der Waals surface area contributed by atoms with Gasteiger partial charge in [0.25, 0.3) is 0 Å². The van der Waals surface area contributed by atoms with E-state index < -0.39 is 0 Å². The van der Waals surface area contributed by atoms with Crippen LogP contribution in [0.4, 0.5) is 0 Å². The van der Waals surface area contributed by atoms with Gasteiger partial charge in [0, 0.05) is 33.4 Å². The van der Waals surface area contributed by atoms with Crippen molar-refractivity contribution in [3.63, 3.8) is 0 Å². The number of allylic oxidation sites excluding steroid dienone is 1. The fourth-order valence-corrected chi connectivity index (χ4v) is 1.94. The molecule has 1 aliphatic rings. The van der Waals surface area contributed by atoms with Gasteiger partial charge in [-0.3, -0.25) is 0 Å². The van der Waals surface area contributed by atoms with Gasteiger partial charge in [-0.2, -0.15) is 0 Å². The molecule has 1 N–H and O–H groups in total. The van der Waals surface area contributed by atoms with Crippen LogP contribution < -0.4 is 5.32 Å². The summed E-state index contributed by atoms with van der Waals surface area (Å²) in [6, 6.07) is 0. The normalized spacial score (nSPS) is 19.0. The minimum atomic E-state index is 0.730. The molecule has 0 aromatic carbocycles. The van der Waals surface area contributed by atoms with Crippen LogP contribution in [-0.2, 0) is 9.47 Å². The molecule has 1 rings (SSSR count). The Hall–Kier alpha value is -0.380. The van der Waals surface area contributed by atoms with Gasteiger partial charge >= 0.3 is 0 Å². The van der Waals surface area contributed by atoms with Gasteiger partial charge in [0.1, 0.15) is 0 Å². The van der Waals surface area contributed by atoms with Crippen molar-refractivity contribution in [1.82, 2.24) is 5.32 Å². The van der Waals surface area contributed by atoms with Gasteiger partial charge in [-0.05, 0) is 25.2 Å². The molecule has 3 nitrogen and oxygen atoms in total. The Morgan fingerprint density at radius 3 is 2.81 bits per heavy atom. The average Bonchev–Trinajstić information content (AvgIpc) is 2.34. The molecule has 0 radical (unpaired) electrons. The Morgan fingerprint density at radius 1 is 1.44 bits per heavy atom. The van der Waals surface area contributed by atoms with Crippen LogP contribution in [0.15, 0.2) is 11.6 Å². The van der Waals surface area contributed by atoms with Gasteiger partial charge in [-0.1, -0.05) is 18.6 Å². The predicted octanol–water partition coefficient (Wildman–Crippen LogP) is 1.99. The molecule has 0 unspecified atom stereocenters. The van der Waals surface area contributed by atoms with E-state index in [4.69, 9.17) is 9.47 Å². The van der Waals surface area contributed by atoms with Crippen LogP contribution in [0.3, 0.4) is 0 Å². The fourth-order valence-electron chi connectivity index (χ4n) is 1.94. The zero-order chi connectivity index (χ0) is 11.6. The second-order valence-corrected chi connectivity index (χ2v) is 4.30. The summed E-state index contributed by atoms with van der Waals surface area (Å²) in [5.74, 6) is 0.730. The average molecular weight is 227 g/mol. The number of rotatable bonds is 7. The molecular formula is C13H25NO2. The van der Waals surface area contributed by atoms with Crippen molar-refractivity contribution in [1.29, 1.82) is 0 Å². The summed E-state index contributed by atoms with van der Waals surface area (Å²) < 4.78 is 10.4. The third kappa shape index (κ3) is 5.64. The lowest BCUT2D eigenvalue weighted by molar-refractivity contribution is 0.0783. The van der Waals surface area contributed by atoms with Gasteiger partial charge in [0.2, 0.25) is 0 Å². The minimum Gasteiger partial charge on any atom is -0.383 e. The lowest BCUT2D eigenvalue weighted by Crippen LogP contribution is -2.22. The molecule has 1 fully saturated rings.